The van der Waals surface area contributed by atoms with Crippen LogP contribution in [0.3, 0.4) is 0 Å². The molecule has 0 spiro atoms. The van der Waals surface area contributed by atoms with E-state index in [9.17, 15) is 9.18 Å². The predicted octanol–water partition coefficient (Wildman–Crippen LogP) is 4.86. The highest BCUT2D eigenvalue weighted by Gasteiger charge is 2.27. The second-order valence-electron chi connectivity index (χ2n) is 6.95. The van der Waals surface area contributed by atoms with Gasteiger partial charge < -0.3 is 20.1 Å². The van der Waals surface area contributed by atoms with Crippen LogP contribution in [0.15, 0.2) is 47.4 Å². The first-order chi connectivity index (χ1) is 14.0. The third-order valence-electron chi connectivity index (χ3n) is 4.03. The number of para-hydroxylation sites is 1. The minimum absolute atomic E-state index is 0.207. The first-order valence-electron chi connectivity index (χ1n) is 9.56. The van der Waals surface area contributed by atoms with Crippen molar-refractivity contribution in [3.8, 4) is 11.5 Å². The van der Waals surface area contributed by atoms with E-state index in [1.54, 1.807) is 24.3 Å². The third-order valence-corrected chi connectivity index (χ3v) is 5.06. The smallest absolute Gasteiger partial charge is 0.260 e. The van der Waals surface area contributed by atoms with Gasteiger partial charge >= 0.3 is 0 Å². The minimum atomic E-state index is -0.439. The van der Waals surface area contributed by atoms with Crippen molar-refractivity contribution in [2.45, 2.75) is 26.3 Å². The van der Waals surface area contributed by atoms with Crippen LogP contribution in [-0.4, -0.2) is 24.6 Å². The molecule has 5 nitrogen and oxygen atoms in total. The number of carbonyl (C=O) groups excluding carboxylic acids is 1. The normalized spacial score (nSPS) is 17.5. The molecule has 2 aromatic carbocycles. The summed E-state index contributed by atoms with van der Waals surface area (Å²) in [5, 5.41) is 5.80. The molecule has 0 saturated carbocycles. The zero-order valence-electron chi connectivity index (χ0n) is 16.7. The summed E-state index contributed by atoms with van der Waals surface area (Å²) in [4.78, 5) is 12.9. The fourth-order valence-electron chi connectivity index (χ4n) is 2.69. The Hall–Kier alpha value is -2.67. The van der Waals surface area contributed by atoms with Crippen molar-refractivity contribution in [2.24, 2.45) is 5.92 Å². The molecule has 1 saturated heterocycles. The van der Waals surface area contributed by atoms with Crippen molar-refractivity contribution in [1.29, 1.82) is 0 Å². The first kappa shape index (κ1) is 21.0. The molecule has 1 fully saturated rings. The largest absolute Gasteiger partial charge is 0.490 e. The van der Waals surface area contributed by atoms with E-state index in [4.69, 9.17) is 9.47 Å². The molecule has 1 amide bonds. The third kappa shape index (κ3) is 5.67. The lowest BCUT2D eigenvalue weighted by atomic mass is 10.2. The lowest BCUT2D eigenvalue weighted by Crippen LogP contribution is -2.31. The zero-order chi connectivity index (χ0) is 20.8. The van der Waals surface area contributed by atoms with E-state index < -0.39 is 5.50 Å². The summed E-state index contributed by atoms with van der Waals surface area (Å²) < 4.78 is 25.3. The number of halogens is 1. The number of hydrogen-bond acceptors (Lipinski definition) is 5. The molecular formula is C22H25FN2O3S. The van der Waals surface area contributed by atoms with Gasteiger partial charge in [0.15, 0.2) is 17.0 Å². The van der Waals surface area contributed by atoms with Gasteiger partial charge in [0.2, 0.25) is 0 Å². The van der Waals surface area contributed by atoms with Crippen molar-refractivity contribution >= 4 is 29.4 Å². The second kappa shape index (κ2) is 9.69. The van der Waals surface area contributed by atoms with Crippen LogP contribution in [0.5, 0.6) is 11.5 Å². The Balaban J connectivity index is 1.74. The van der Waals surface area contributed by atoms with E-state index in [0.29, 0.717) is 41.2 Å². The monoisotopic (exact) mass is 416 g/mol. The van der Waals surface area contributed by atoms with Gasteiger partial charge in [-0.25, -0.2) is 4.39 Å². The van der Waals surface area contributed by atoms with E-state index in [1.165, 1.54) is 17.8 Å². The lowest BCUT2D eigenvalue weighted by Gasteiger charge is -2.14. The number of nitrogens with one attached hydrogen (secondary N) is 2. The van der Waals surface area contributed by atoms with Crippen molar-refractivity contribution in [3.05, 3.63) is 58.8 Å². The van der Waals surface area contributed by atoms with Crippen LogP contribution < -0.4 is 20.1 Å². The van der Waals surface area contributed by atoms with Crippen LogP contribution in [-0.2, 0) is 4.79 Å². The van der Waals surface area contributed by atoms with Crippen molar-refractivity contribution < 1.29 is 18.7 Å². The topological polar surface area (TPSA) is 59.6 Å². The molecule has 2 N–H and O–H groups in total. The molecule has 1 aliphatic heterocycles. The number of carbonyl (C=O) groups is 1. The molecule has 1 unspecified atom stereocenters. The fourth-order valence-corrected chi connectivity index (χ4v) is 3.67. The average molecular weight is 417 g/mol. The molecule has 1 atom stereocenters. The number of thioether (sulfide) groups is 1. The first-order valence-corrected chi connectivity index (χ1v) is 10.4. The number of rotatable bonds is 8. The van der Waals surface area contributed by atoms with Gasteiger partial charge in [0, 0.05) is 0 Å². The Morgan fingerprint density at radius 3 is 2.72 bits per heavy atom. The molecule has 0 aromatic heterocycles. The maximum atomic E-state index is 13.8. The average Bonchev–Trinajstić information content (AvgIpc) is 3.02. The summed E-state index contributed by atoms with van der Waals surface area (Å²) in [6.45, 7) is 7.20. The lowest BCUT2D eigenvalue weighted by molar-refractivity contribution is -0.116. The second-order valence-corrected chi connectivity index (χ2v) is 8.10. The molecule has 1 heterocycles. The molecule has 3 rings (SSSR count). The van der Waals surface area contributed by atoms with Gasteiger partial charge in [0.25, 0.3) is 5.91 Å². The van der Waals surface area contributed by atoms with Crippen LogP contribution in [0.1, 0.15) is 26.3 Å². The standard InChI is InChI=1S/C22H25FN2O3S/c1-4-27-19-11-15(9-10-18(19)28-13-14(2)3)12-20-21(26)25-22(29-20)24-17-8-6-5-7-16(17)23/h5-12,14,22,24H,4,13H2,1-3H3,(H,25,26)/b20-12-. The van der Waals surface area contributed by atoms with Gasteiger partial charge in [-0.1, -0.05) is 43.8 Å². The number of benzene rings is 2. The highest BCUT2D eigenvalue weighted by Crippen LogP contribution is 2.34. The Kier molecular flexibility index (Phi) is 7.04. The van der Waals surface area contributed by atoms with Crippen LogP contribution in [0.2, 0.25) is 0 Å². The van der Waals surface area contributed by atoms with Gasteiger partial charge in [-0.2, -0.15) is 0 Å². The number of anilines is 1. The van der Waals surface area contributed by atoms with E-state index >= 15 is 0 Å². The molecule has 2 aromatic rings. The molecule has 0 radical (unpaired) electrons. The Morgan fingerprint density at radius 2 is 2.00 bits per heavy atom. The predicted molar refractivity (Wildman–Crippen MR) is 115 cm³/mol. The van der Waals surface area contributed by atoms with Crippen LogP contribution in [0.25, 0.3) is 6.08 Å². The molecule has 0 aliphatic carbocycles. The number of hydrogen-bond donors (Lipinski definition) is 2. The minimum Gasteiger partial charge on any atom is -0.490 e. The SMILES string of the molecule is CCOc1cc(/C=C2\SC(Nc3ccccc3F)NC2=O)ccc1OCC(C)C. The van der Waals surface area contributed by atoms with Crippen molar-refractivity contribution in [3.63, 3.8) is 0 Å². The highest BCUT2D eigenvalue weighted by molar-refractivity contribution is 8.05. The summed E-state index contributed by atoms with van der Waals surface area (Å²) >= 11 is 1.31. The Bertz CT molecular complexity index is 901. The van der Waals surface area contributed by atoms with Gasteiger partial charge in [-0.15, -0.1) is 0 Å². The molecule has 29 heavy (non-hydrogen) atoms. The number of amides is 1. The van der Waals surface area contributed by atoms with Crippen LogP contribution in [0.4, 0.5) is 10.1 Å². The summed E-state index contributed by atoms with van der Waals surface area (Å²) in [5.74, 6) is 1.17. The maximum absolute atomic E-state index is 13.8. The molecular weight excluding hydrogens is 391 g/mol. The van der Waals surface area contributed by atoms with Crippen molar-refractivity contribution in [1.82, 2.24) is 5.32 Å². The summed E-state index contributed by atoms with van der Waals surface area (Å²) in [5.41, 5.74) is 0.733. The fraction of sp³-hybridized carbons (Fsp3) is 0.318. The Labute approximate surface area is 174 Å². The van der Waals surface area contributed by atoms with Crippen LogP contribution in [0, 0.1) is 11.7 Å². The van der Waals surface area contributed by atoms with E-state index in [0.717, 1.165) is 5.56 Å². The molecule has 1 aliphatic rings. The zero-order valence-corrected chi connectivity index (χ0v) is 17.5. The van der Waals surface area contributed by atoms with Gasteiger partial charge in [-0.3, -0.25) is 4.79 Å². The van der Waals surface area contributed by atoms with Gasteiger partial charge in [0.1, 0.15) is 5.82 Å². The Morgan fingerprint density at radius 1 is 1.21 bits per heavy atom. The highest BCUT2D eigenvalue weighted by atomic mass is 32.2. The summed E-state index contributed by atoms with van der Waals surface area (Å²) in [6, 6.07) is 12.0. The molecule has 154 valence electrons. The summed E-state index contributed by atoms with van der Waals surface area (Å²) in [7, 11) is 0. The van der Waals surface area contributed by atoms with E-state index in [1.807, 2.05) is 25.1 Å². The maximum Gasteiger partial charge on any atom is 0.260 e. The van der Waals surface area contributed by atoms with Crippen molar-refractivity contribution in [2.75, 3.05) is 18.5 Å². The number of ether oxygens (including phenoxy) is 2. The summed E-state index contributed by atoms with van der Waals surface area (Å²) in [6.07, 6.45) is 1.79. The van der Waals surface area contributed by atoms with Crippen LogP contribution >= 0.6 is 11.8 Å². The quantitative estimate of drug-likeness (QED) is 0.602. The molecule has 7 heteroatoms. The van der Waals surface area contributed by atoms with Gasteiger partial charge in [-0.05, 0) is 48.7 Å². The van der Waals surface area contributed by atoms with E-state index in [-0.39, 0.29) is 11.7 Å². The van der Waals surface area contributed by atoms with E-state index in [2.05, 4.69) is 24.5 Å². The van der Waals surface area contributed by atoms with Gasteiger partial charge in [0.05, 0.1) is 23.8 Å². The molecule has 0 bridgehead atoms.